The Hall–Kier alpha value is -3.26. The Morgan fingerprint density at radius 1 is 1.00 bits per heavy atom. The largest absolute Gasteiger partial charge is 0.484 e. The van der Waals surface area contributed by atoms with Crippen molar-refractivity contribution in [3.8, 4) is 5.75 Å². The molecule has 0 radical (unpaired) electrons. The molecule has 0 atom stereocenters. The summed E-state index contributed by atoms with van der Waals surface area (Å²) in [5.41, 5.74) is 0.732. The van der Waals surface area contributed by atoms with Gasteiger partial charge >= 0.3 is 0 Å². The number of benzene rings is 2. The SMILES string of the molecule is CCc1nnc(NC(=O)c2ccccc2NC(=O)COc2ccccc2)s1. The van der Waals surface area contributed by atoms with Crippen LogP contribution in [0.1, 0.15) is 22.3 Å². The first-order chi connectivity index (χ1) is 13.2. The number of nitrogens with zero attached hydrogens (tertiary/aromatic N) is 2. The first kappa shape index (κ1) is 18.5. The molecule has 2 amide bonds. The summed E-state index contributed by atoms with van der Waals surface area (Å²) in [4.78, 5) is 24.7. The van der Waals surface area contributed by atoms with Crippen LogP contribution in [0.15, 0.2) is 54.6 Å². The monoisotopic (exact) mass is 382 g/mol. The van der Waals surface area contributed by atoms with Crippen LogP contribution in [-0.2, 0) is 11.2 Å². The summed E-state index contributed by atoms with van der Waals surface area (Å²) < 4.78 is 5.42. The zero-order valence-corrected chi connectivity index (χ0v) is 15.5. The summed E-state index contributed by atoms with van der Waals surface area (Å²) >= 11 is 1.32. The zero-order valence-electron chi connectivity index (χ0n) is 14.6. The first-order valence-electron chi connectivity index (χ1n) is 8.36. The molecule has 138 valence electrons. The predicted octanol–water partition coefficient (Wildman–Crippen LogP) is 3.37. The number of amides is 2. The third-order valence-electron chi connectivity index (χ3n) is 3.55. The molecule has 0 bridgehead atoms. The standard InChI is InChI=1S/C19H18N4O3S/c1-2-17-22-23-19(27-17)21-18(25)14-10-6-7-11-15(14)20-16(24)12-26-13-8-4-3-5-9-13/h3-11H,2,12H2,1H3,(H,20,24)(H,21,23,25). The van der Waals surface area contributed by atoms with Gasteiger partial charge in [-0.1, -0.05) is 48.6 Å². The smallest absolute Gasteiger partial charge is 0.262 e. The van der Waals surface area contributed by atoms with Gasteiger partial charge in [0.1, 0.15) is 10.8 Å². The van der Waals surface area contributed by atoms with E-state index in [1.165, 1.54) is 11.3 Å². The quantitative estimate of drug-likeness (QED) is 0.653. The Kier molecular flexibility index (Phi) is 6.11. The van der Waals surface area contributed by atoms with Crippen LogP contribution in [0.25, 0.3) is 0 Å². The minimum absolute atomic E-state index is 0.157. The highest BCUT2D eigenvalue weighted by Crippen LogP contribution is 2.20. The molecule has 0 aliphatic heterocycles. The van der Waals surface area contributed by atoms with E-state index in [-0.39, 0.29) is 18.4 Å². The number of hydrogen-bond donors (Lipinski definition) is 2. The lowest BCUT2D eigenvalue weighted by atomic mass is 10.1. The lowest BCUT2D eigenvalue weighted by Gasteiger charge is -2.11. The molecule has 3 rings (SSSR count). The molecule has 2 aromatic carbocycles. The fourth-order valence-electron chi connectivity index (χ4n) is 2.25. The fourth-order valence-corrected chi connectivity index (χ4v) is 2.93. The number of para-hydroxylation sites is 2. The first-order valence-corrected chi connectivity index (χ1v) is 9.18. The number of aryl methyl sites for hydroxylation is 1. The molecule has 0 aliphatic rings. The van der Waals surface area contributed by atoms with Gasteiger partial charge in [-0.15, -0.1) is 10.2 Å². The topological polar surface area (TPSA) is 93.2 Å². The van der Waals surface area contributed by atoms with Gasteiger partial charge in [0.2, 0.25) is 5.13 Å². The maximum absolute atomic E-state index is 12.5. The molecule has 8 heteroatoms. The summed E-state index contributed by atoms with van der Waals surface area (Å²) in [5.74, 6) is -0.126. The van der Waals surface area contributed by atoms with E-state index in [1.54, 1.807) is 36.4 Å². The van der Waals surface area contributed by atoms with Gasteiger partial charge in [-0.2, -0.15) is 0 Å². The molecule has 3 aromatic rings. The van der Waals surface area contributed by atoms with Crippen LogP contribution in [0, 0.1) is 0 Å². The second-order valence-corrected chi connectivity index (χ2v) is 6.57. The van der Waals surface area contributed by atoms with Gasteiger partial charge in [-0.25, -0.2) is 0 Å². The highest BCUT2D eigenvalue weighted by atomic mass is 32.1. The maximum Gasteiger partial charge on any atom is 0.262 e. The van der Waals surface area contributed by atoms with E-state index in [9.17, 15) is 9.59 Å². The Morgan fingerprint density at radius 3 is 2.48 bits per heavy atom. The number of carbonyl (C=O) groups excluding carboxylic acids is 2. The van der Waals surface area contributed by atoms with E-state index >= 15 is 0 Å². The third kappa shape index (κ3) is 5.11. The summed E-state index contributed by atoms with van der Waals surface area (Å²) in [5, 5.41) is 14.6. The molecule has 7 nitrogen and oxygen atoms in total. The molecule has 0 unspecified atom stereocenters. The second kappa shape index (κ2) is 8.91. The van der Waals surface area contributed by atoms with Crippen molar-refractivity contribution in [2.45, 2.75) is 13.3 Å². The van der Waals surface area contributed by atoms with Crippen molar-refractivity contribution in [2.75, 3.05) is 17.2 Å². The molecule has 0 fully saturated rings. The van der Waals surface area contributed by atoms with Crippen LogP contribution in [0.3, 0.4) is 0 Å². The van der Waals surface area contributed by atoms with Crippen LogP contribution in [0.5, 0.6) is 5.75 Å². The number of rotatable bonds is 7. The van der Waals surface area contributed by atoms with Crippen molar-refractivity contribution in [1.82, 2.24) is 10.2 Å². The fraction of sp³-hybridized carbons (Fsp3) is 0.158. The van der Waals surface area contributed by atoms with Crippen molar-refractivity contribution in [2.24, 2.45) is 0 Å². The predicted molar refractivity (Wildman–Crippen MR) is 104 cm³/mol. The number of hydrogen-bond acceptors (Lipinski definition) is 6. The second-order valence-electron chi connectivity index (χ2n) is 5.50. The van der Waals surface area contributed by atoms with E-state index in [2.05, 4.69) is 20.8 Å². The van der Waals surface area contributed by atoms with Gasteiger partial charge in [0.15, 0.2) is 6.61 Å². The van der Waals surface area contributed by atoms with Gasteiger partial charge in [-0.05, 0) is 30.7 Å². The summed E-state index contributed by atoms with van der Waals surface area (Å²) in [7, 11) is 0. The van der Waals surface area contributed by atoms with Crippen LogP contribution in [0.2, 0.25) is 0 Å². The van der Waals surface area contributed by atoms with E-state index in [0.29, 0.717) is 22.1 Å². The van der Waals surface area contributed by atoms with Gasteiger partial charge in [0.05, 0.1) is 11.3 Å². The van der Waals surface area contributed by atoms with Crippen LogP contribution in [0.4, 0.5) is 10.8 Å². The van der Waals surface area contributed by atoms with Crippen LogP contribution >= 0.6 is 11.3 Å². The summed E-state index contributed by atoms with van der Waals surface area (Å²) in [6, 6.07) is 15.8. The normalized spacial score (nSPS) is 10.3. The third-order valence-corrected chi connectivity index (χ3v) is 4.53. The Balaban J connectivity index is 1.64. The van der Waals surface area contributed by atoms with E-state index in [1.807, 2.05) is 25.1 Å². The van der Waals surface area contributed by atoms with Gasteiger partial charge in [0, 0.05) is 0 Å². The van der Waals surface area contributed by atoms with Crippen molar-refractivity contribution < 1.29 is 14.3 Å². The van der Waals surface area contributed by atoms with E-state index in [4.69, 9.17) is 4.74 Å². The van der Waals surface area contributed by atoms with Crippen LogP contribution < -0.4 is 15.4 Å². The average Bonchev–Trinajstić information content (AvgIpc) is 3.15. The number of carbonyl (C=O) groups is 2. The van der Waals surface area contributed by atoms with E-state index in [0.717, 1.165) is 11.4 Å². The molecule has 1 aromatic heterocycles. The van der Waals surface area contributed by atoms with Crippen molar-refractivity contribution in [3.63, 3.8) is 0 Å². The van der Waals surface area contributed by atoms with Crippen molar-refractivity contribution >= 4 is 34.0 Å². The van der Waals surface area contributed by atoms with Gasteiger partial charge < -0.3 is 10.1 Å². The van der Waals surface area contributed by atoms with Gasteiger partial charge in [-0.3, -0.25) is 14.9 Å². The van der Waals surface area contributed by atoms with Gasteiger partial charge in [0.25, 0.3) is 11.8 Å². The highest BCUT2D eigenvalue weighted by Gasteiger charge is 2.15. The maximum atomic E-state index is 12.5. The number of anilines is 2. The minimum Gasteiger partial charge on any atom is -0.484 e. The highest BCUT2D eigenvalue weighted by molar-refractivity contribution is 7.15. The van der Waals surface area contributed by atoms with E-state index < -0.39 is 0 Å². The van der Waals surface area contributed by atoms with Crippen molar-refractivity contribution in [3.05, 3.63) is 65.2 Å². The molecular formula is C19H18N4O3S. The van der Waals surface area contributed by atoms with Crippen LogP contribution in [-0.4, -0.2) is 28.6 Å². The number of aromatic nitrogens is 2. The van der Waals surface area contributed by atoms with Crippen molar-refractivity contribution in [1.29, 1.82) is 0 Å². The molecule has 1 heterocycles. The Morgan fingerprint density at radius 2 is 1.74 bits per heavy atom. The molecule has 0 spiro atoms. The number of nitrogens with one attached hydrogen (secondary N) is 2. The average molecular weight is 382 g/mol. The molecular weight excluding hydrogens is 364 g/mol. The molecule has 27 heavy (non-hydrogen) atoms. The molecule has 2 N–H and O–H groups in total. The zero-order chi connectivity index (χ0) is 19.1. The minimum atomic E-state index is -0.367. The molecule has 0 saturated heterocycles. The lowest BCUT2D eigenvalue weighted by Crippen LogP contribution is -2.22. The molecule has 0 aliphatic carbocycles. The summed E-state index contributed by atoms with van der Waals surface area (Å²) in [6.45, 7) is 1.81. The lowest BCUT2D eigenvalue weighted by molar-refractivity contribution is -0.118. The number of ether oxygens (including phenoxy) is 1. The Bertz CT molecular complexity index is 927. The molecule has 0 saturated carbocycles. The summed E-state index contributed by atoms with van der Waals surface area (Å²) in [6.07, 6.45) is 0.752. The Labute approximate surface area is 160 Å².